The fraction of sp³-hybridized carbons (Fsp3) is 0.643. The van der Waals surface area contributed by atoms with E-state index in [1.54, 1.807) is 13.0 Å². The lowest BCUT2D eigenvalue weighted by molar-refractivity contribution is -0.147. The molecule has 1 saturated heterocycles. The van der Waals surface area contributed by atoms with Crippen molar-refractivity contribution in [3.8, 4) is 0 Å². The second-order valence-electron chi connectivity index (χ2n) is 5.38. The van der Waals surface area contributed by atoms with Crippen molar-refractivity contribution in [2.45, 2.75) is 19.9 Å². The number of esters is 1. The number of ether oxygens (including phenoxy) is 1. The van der Waals surface area contributed by atoms with Crippen LogP contribution in [-0.4, -0.2) is 72.7 Å². The molecule has 8 heteroatoms. The van der Waals surface area contributed by atoms with E-state index in [9.17, 15) is 9.59 Å². The Labute approximate surface area is 129 Å². The van der Waals surface area contributed by atoms with E-state index in [0.29, 0.717) is 18.1 Å². The molecule has 1 fully saturated rings. The summed E-state index contributed by atoms with van der Waals surface area (Å²) in [6.07, 6.45) is 0. The maximum atomic E-state index is 11.9. The van der Waals surface area contributed by atoms with Crippen LogP contribution < -0.4 is 5.32 Å². The zero-order valence-corrected chi connectivity index (χ0v) is 13.2. The number of nitrogens with zero attached hydrogens (tertiary/aromatic N) is 3. The van der Waals surface area contributed by atoms with E-state index in [2.05, 4.69) is 15.4 Å². The molecular weight excluding hydrogens is 288 g/mol. The standard InChI is InChI=1S/C14H22N4O4/c1-10-8-12(16-22-10)15-13(19)9-17-4-6-18(7-5-17)11(2)14(20)21-3/h8,11H,4-7,9H2,1-3H3,(H,15,16,19). The minimum atomic E-state index is -0.251. The quantitative estimate of drug-likeness (QED) is 0.772. The zero-order chi connectivity index (χ0) is 16.1. The van der Waals surface area contributed by atoms with Crippen molar-refractivity contribution in [1.29, 1.82) is 0 Å². The predicted octanol–water partition coefficient (Wildman–Crippen LogP) is 0.101. The van der Waals surface area contributed by atoms with Crippen LogP contribution in [-0.2, 0) is 14.3 Å². The average molecular weight is 310 g/mol. The first kappa shape index (κ1) is 16.4. The molecule has 0 aromatic carbocycles. The number of hydrogen-bond donors (Lipinski definition) is 1. The molecule has 1 amide bonds. The summed E-state index contributed by atoms with van der Waals surface area (Å²) in [6, 6.07) is 1.42. The lowest BCUT2D eigenvalue weighted by atomic mass is 10.2. The van der Waals surface area contributed by atoms with Gasteiger partial charge in [0.1, 0.15) is 11.8 Å². The van der Waals surface area contributed by atoms with Gasteiger partial charge in [0.05, 0.1) is 13.7 Å². The van der Waals surface area contributed by atoms with Gasteiger partial charge >= 0.3 is 5.97 Å². The molecule has 22 heavy (non-hydrogen) atoms. The topological polar surface area (TPSA) is 87.9 Å². The Morgan fingerprint density at radius 3 is 2.64 bits per heavy atom. The van der Waals surface area contributed by atoms with Gasteiger partial charge in [-0.25, -0.2) is 0 Å². The van der Waals surface area contributed by atoms with Crippen LogP contribution in [0.5, 0.6) is 0 Å². The van der Waals surface area contributed by atoms with Crippen molar-refractivity contribution < 1.29 is 18.8 Å². The summed E-state index contributed by atoms with van der Waals surface area (Å²) in [4.78, 5) is 27.6. The molecule has 1 N–H and O–H groups in total. The Morgan fingerprint density at radius 1 is 1.41 bits per heavy atom. The minimum Gasteiger partial charge on any atom is -0.468 e. The molecule has 1 aromatic heterocycles. The van der Waals surface area contributed by atoms with Gasteiger partial charge in [-0.15, -0.1) is 0 Å². The first-order chi connectivity index (χ1) is 10.5. The highest BCUT2D eigenvalue weighted by molar-refractivity contribution is 5.91. The molecule has 1 aliphatic heterocycles. The lowest BCUT2D eigenvalue weighted by Gasteiger charge is -2.36. The zero-order valence-electron chi connectivity index (χ0n) is 13.2. The predicted molar refractivity (Wildman–Crippen MR) is 79.4 cm³/mol. The smallest absolute Gasteiger partial charge is 0.322 e. The van der Waals surface area contributed by atoms with Gasteiger partial charge in [0, 0.05) is 32.2 Å². The molecule has 122 valence electrons. The van der Waals surface area contributed by atoms with Gasteiger partial charge in [0.25, 0.3) is 0 Å². The van der Waals surface area contributed by atoms with Crippen LogP contribution in [0.2, 0.25) is 0 Å². The SMILES string of the molecule is COC(=O)C(C)N1CCN(CC(=O)Nc2cc(C)on2)CC1. The minimum absolute atomic E-state index is 0.122. The molecule has 0 radical (unpaired) electrons. The fourth-order valence-corrected chi connectivity index (χ4v) is 2.44. The maximum Gasteiger partial charge on any atom is 0.322 e. The Bertz CT molecular complexity index is 523. The largest absolute Gasteiger partial charge is 0.468 e. The van der Waals surface area contributed by atoms with Gasteiger partial charge in [-0.1, -0.05) is 5.16 Å². The van der Waals surface area contributed by atoms with Crippen LogP contribution in [0.25, 0.3) is 0 Å². The molecule has 0 aliphatic carbocycles. The van der Waals surface area contributed by atoms with Crippen LogP contribution in [0.4, 0.5) is 5.82 Å². The molecule has 1 aromatic rings. The summed E-state index contributed by atoms with van der Waals surface area (Å²) >= 11 is 0. The third-order valence-corrected chi connectivity index (χ3v) is 3.76. The summed E-state index contributed by atoms with van der Waals surface area (Å²) in [7, 11) is 1.39. The highest BCUT2D eigenvalue weighted by atomic mass is 16.5. The number of methoxy groups -OCH3 is 1. The van der Waals surface area contributed by atoms with Gasteiger partial charge in [0.15, 0.2) is 5.82 Å². The second-order valence-corrected chi connectivity index (χ2v) is 5.38. The molecule has 1 unspecified atom stereocenters. The van der Waals surface area contributed by atoms with Crippen molar-refractivity contribution >= 4 is 17.7 Å². The first-order valence-corrected chi connectivity index (χ1v) is 7.27. The number of carbonyl (C=O) groups excluding carboxylic acids is 2. The van der Waals surface area contributed by atoms with Gasteiger partial charge in [-0.2, -0.15) is 0 Å². The molecule has 2 rings (SSSR count). The number of anilines is 1. The Morgan fingerprint density at radius 2 is 2.09 bits per heavy atom. The van der Waals surface area contributed by atoms with Crippen LogP contribution in [0, 0.1) is 6.92 Å². The number of carbonyl (C=O) groups is 2. The molecule has 1 aliphatic rings. The Kier molecular flexibility index (Phi) is 5.51. The van der Waals surface area contributed by atoms with Crippen LogP contribution in [0.3, 0.4) is 0 Å². The molecule has 0 bridgehead atoms. The molecule has 1 atom stereocenters. The van der Waals surface area contributed by atoms with Gasteiger partial charge in [0.2, 0.25) is 5.91 Å². The van der Waals surface area contributed by atoms with Crippen molar-refractivity contribution in [2.75, 3.05) is 45.2 Å². The number of piperazine rings is 1. The summed E-state index contributed by atoms with van der Waals surface area (Å²) < 4.78 is 9.65. The van der Waals surface area contributed by atoms with E-state index in [4.69, 9.17) is 9.26 Å². The summed E-state index contributed by atoms with van der Waals surface area (Å²) in [5.41, 5.74) is 0. The average Bonchev–Trinajstić information content (AvgIpc) is 2.91. The molecule has 0 saturated carbocycles. The van der Waals surface area contributed by atoms with E-state index >= 15 is 0 Å². The second kappa shape index (κ2) is 7.37. The van der Waals surface area contributed by atoms with Gasteiger partial charge in [-0.3, -0.25) is 19.4 Å². The number of amides is 1. The summed E-state index contributed by atoms with van der Waals surface area (Å²) in [6.45, 7) is 6.82. The third-order valence-electron chi connectivity index (χ3n) is 3.76. The van der Waals surface area contributed by atoms with Crippen LogP contribution in [0.15, 0.2) is 10.6 Å². The van der Waals surface area contributed by atoms with Crippen molar-refractivity contribution in [2.24, 2.45) is 0 Å². The highest BCUT2D eigenvalue weighted by Gasteiger charge is 2.26. The van der Waals surface area contributed by atoms with E-state index in [1.165, 1.54) is 7.11 Å². The number of aromatic nitrogens is 1. The van der Waals surface area contributed by atoms with Crippen LogP contribution in [0.1, 0.15) is 12.7 Å². The van der Waals surface area contributed by atoms with E-state index in [-0.39, 0.29) is 17.9 Å². The van der Waals surface area contributed by atoms with Crippen molar-refractivity contribution in [1.82, 2.24) is 15.0 Å². The molecule has 8 nitrogen and oxygen atoms in total. The number of nitrogens with one attached hydrogen (secondary N) is 1. The monoisotopic (exact) mass is 310 g/mol. The Balaban J connectivity index is 1.75. The fourth-order valence-electron chi connectivity index (χ4n) is 2.44. The van der Waals surface area contributed by atoms with E-state index < -0.39 is 0 Å². The highest BCUT2D eigenvalue weighted by Crippen LogP contribution is 2.09. The Hall–Kier alpha value is -1.93. The molecular formula is C14H22N4O4. The maximum absolute atomic E-state index is 11.9. The van der Waals surface area contributed by atoms with Gasteiger partial charge in [-0.05, 0) is 13.8 Å². The van der Waals surface area contributed by atoms with Gasteiger partial charge < -0.3 is 14.6 Å². The van der Waals surface area contributed by atoms with E-state index in [1.807, 2.05) is 11.8 Å². The van der Waals surface area contributed by atoms with Crippen molar-refractivity contribution in [3.05, 3.63) is 11.8 Å². The normalized spacial score (nSPS) is 18.0. The third kappa shape index (κ3) is 4.28. The molecule has 2 heterocycles. The number of hydrogen-bond acceptors (Lipinski definition) is 7. The summed E-state index contributed by atoms with van der Waals surface area (Å²) in [5.74, 6) is 0.733. The first-order valence-electron chi connectivity index (χ1n) is 7.27. The van der Waals surface area contributed by atoms with E-state index in [0.717, 1.165) is 26.2 Å². The molecule has 0 spiro atoms. The lowest BCUT2D eigenvalue weighted by Crippen LogP contribution is -2.53. The number of rotatable bonds is 5. The van der Waals surface area contributed by atoms with Crippen LogP contribution >= 0.6 is 0 Å². The van der Waals surface area contributed by atoms with Crippen molar-refractivity contribution in [3.63, 3.8) is 0 Å². The number of aryl methyl sites for hydroxylation is 1. The summed E-state index contributed by atoms with van der Waals surface area (Å²) in [5, 5.41) is 6.43.